The Morgan fingerprint density at radius 3 is 2.12 bits per heavy atom. The second-order valence-electron chi connectivity index (χ2n) is 13.8. The molecule has 246 valence electrons. The van der Waals surface area contributed by atoms with Crippen LogP contribution in [-0.2, 0) is 5.41 Å². The topological polar surface area (TPSA) is 56.7 Å². The van der Waals surface area contributed by atoms with Gasteiger partial charge in [0.15, 0.2) is 11.6 Å². The highest BCUT2D eigenvalue weighted by atomic mass is 32.2. The van der Waals surface area contributed by atoms with Crippen molar-refractivity contribution in [3.05, 3.63) is 174 Å². The second kappa shape index (κ2) is 11.1. The SMILES string of the molecule is CC1(c2nc(-c3ccc(-n4c5ccccc5c5ccccc54)cc3)nc(-c3cccc4c3oc3ccccc34)n2)C=CC=C2Sc3ccccc3C21. The van der Waals surface area contributed by atoms with E-state index in [-0.39, 0.29) is 5.92 Å². The lowest BCUT2D eigenvalue weighted by atomic mass is 9.70. The van der Waals surface area contributed by atoms with E-state index in [1.165, 1.54) is 37.2 Å². The van der Waals surface area contributed by atoms with Crippen LogP contribution < -0.4 is 0 Å². The molecule has 2 unspecified atom stereocenters. The Balaban J connectivity index is 1.11. The average molecular weight is 687 g/mol. The molecule has 0 radical (unpaired) electrons. The number of furan rings is 1. The number of benzene rings is 6. The molecule has 4 heterocycles. The van der Waals surface area contributed by atoms with Crippen LogP contribution in [0.15, 0.2) is 172 Å². The van der Waals surface area contributed by atoms with Gasteiger partial charge < -0.3 is 8.98 Å². The third-order valence-electron chi connectivity index (χ3n) is 10.8. The monoisotopic (exact) mass is 686 g/mol. The summed E-state index contributed by atoms with van der Waals surface area (Å²) >= 11 is 1.85. The van der Waals surface area contributed by atoms with Gasteiger partial charge in [0.25, 0.3) is 0 Å². The quantitative estimate of drug-likeness (QED) is 0.184. The molecular weight excluding hydrogens is 657 g/mol. The van der Waals surface area contributed by atoms with Crippen molar-refractivity contribution in [3.63, 3.8) is 0 Å². The van der Waals surface area contributed by atoms with Crippen LogP contribution in [0.25, 0.3) is 72.2 Å². The van der Waals surface area contributed by atoms with Crippen molar-refractivity contribution < 1.29 is 4.42 Å². The predicted octanol–water partition coefficient (Wildman–Crippen LogP) is 11.8. The molecule has 2 atom stereocenters. The van der Waals surface area contributed by atoms with Gasteiger partial charge in [-0.05, 0) is 72.0 Å². The van der Waals surface area contributed by atoms with Gasteiger partial charge in [0.2, 0.25) is 0 Å². The first-order valence-electron chi connectivity index (χ1n) is 17.6. The highest BCUT2D eigenvalue weighted by Crippen LogP contribution is 2.58. The Kier molecular flexibility index (Phi) is 6.31. The molecule has 6 heteroatoms. The zero-order valence-electron chi connectivity index (χ0n) is 28.2. The number of aromatic nitrogens is 4. The third kappa shape index (κ3) is 4.28. The molecule has 2 aliphatic rings. The van der Waals surface area contributed by atoms with Crippen LogP contribution in [0.5, 0.6) is 0 Å². The maximum absolute atomic E-state index is 6.51. The molecule has 0 saturated heterocycles. The van der Waals surface area contributed by atoms with Crippen molar-refractivity contribution in [2.24, 2.45) is 0 Å². The van der Waals surface area contributed by atoms with E-state index in [4.69, 9.17) is 19.4 Å². The van der Waals surface area contributed by atoms with E-state index in [2.05, 4.69) is 151 Å². The molecule has 6 aromatic carbocycles. The van der Waals surface area contributed by atoms with Crippen molar-refractivity contribution in [1.29, 1.82) is 0 Å². The number of para-hydroxylation sites is 4. The first-order valence-corrected chi connectivity index (χ1v) is 18.4. The third-order valence-corrected chi connectivity index (χ3v) is 12.0. The second-order valence-corrected chi connectivity index (χ2v) is 14.9. The van der Waals surface area contributed by atoms with Gasteiger partial charge in [0.05, 0.1) is 22.0 Å². The Labute approximate surface area is 304 Å². The lowest BCUT2D eigenvalue weighted by Crippen LogP contribution is -2.32. The van der Waals surface area contributed by atoms with E-state index in [0.717, 1.165) is 44.6 Å². The molecule has 5 nitrogen and oxygen atoms in total. The van der Waals surface area contributed by atoms with Gasteiger partial charge in [-0.1, -0.05) is 115 Å². The molecule has 9 aromatic rings. The number of thioether (sulfide) groups is 1. The molecule has 1 aliphatic heterocycles. The fraction of sp³-hybridized carbons (Fsp3) is 0.0652. The van der Waals surface area contributed by atoms with Gasteiger partial charge in [-0.25, -0.2) is 15.0 Å². The lowest BCUT2D eigenvalue weighted by Gasteiger charge is -2.34. The molecule has 3 aromatic heterocycles. The zero-order valence-corrected chi connectivity index (χ0v) is 29.0. The fourth-order valence-corrected chi connectivity index (χ4v) is 9.63. The molecule has 0 spiro atoms. The van der Waals surface area contributed by atoms with Crippen LogP contribution in [0.4, 0.5) is 0 Å². The molecule has 1 aliphatic carbocycles. The first kappa shape index (κ1) is 29.5. The van der Waals surface area contributed by atoms with Crippen LogP contribution in [-0.4, -0.2) is 19.5 Å². The van der Waals surface area contributed by atoms with E-state index in [1.54, 1.807) is 0 Å². The van der Waals surface area contributed by atoms with Gasteiger partial charge in [0.1, 0.15) is 17.0 Å². The number of hydrogen-bond acceptors (Lipinski definition) is 5. The van der Waals surface area contributed by atoms with Crippen LogP contribution in [0.2, 0.25) is 0 Å². The van der Waals surface area contributed by atoms with Crippen molar-refractivity contribution in [3.8, 4) is 28.5 Å². The van der Waals surface area contributed by atoms with Crippen LogP contribution in [0.1, 0.15) is 24.2 Å². The number of hydrogen-bond donors (Lipinski definition) is 0. The summed E-state index contributed by atoms with van der Waals surface area (Å²) in [7, 11) is 0. The summed E-state index contributed by atoms with van der Waals surface area (Å²) in [5.41, 5.74) is 7.62. The maximum Gasteiger partial charge on any atom is 0.167 e. The minimum absolute atomic E-state index is 0.0986. The Morgan fingerprint density at radius 2 is 1.31 bits per heavy atom. The highest BCUT2D eigenvalue weighted by Gasteiger charge is 2.46. The van der Waals surface area contributed by atoms with Gasteiger partial charge in [-0.3, -0.25) is 0 Å². The summed E-state index contributed by atoms with van der Waals surface area (Å²) in [6.45, 7) is 2.26. The van der Waals surface area contributed by atoms with Gasteiger partial charge >= 0.3 is 0 Å². The highest BCUT2D eigenvalue weighted by molar-refractivity contribution is 8.03. The summed E-state index contributed by atoms with van der Waals surface area (Å²) in [5, 5.41) is 4.60. The Bertz CT molecular complexity index is 2920. The normalized spacial score (nSPS) is 17.9. The van der Waals surface area contributed by atoms with E-state index in [1.807, 2.05) is 30.0 Å². The summed E-state index contributed by atoms with van der Waals surface area (Å²) in [6, 6.07) is 48.9. The average Bonchev–Trinajstić information content (AvgIpc) is 3.88. The van der Waals surface area contributed by atoms with Crippen LogP contribution in [0.3, 0.4) is 0 Å². The van der Waals surface area contributed by atoms with Crippen LogP contribution >= 0.6 is 11.8 Å². The van der Waals surface area contributed by atoms with Crippen molar-refractivity contribution in [1.82, 2.24) is 19.5 Å². The molecular formula is C46H30N4OS. The molecule has 0 fully saturated rings. The number of nitrogens with zero attached hydrogens (tertiary/aromatic N) is 4. The predicted molar refractivity (Wildman–Crippen MR) is 212 cm³/mol. The minimum atomic E-state index is -0.513. The van der Waals surface area contributed by atoms with E-state index >= 15 is 0 Å². The minimum Gasteiger partial charge on any atom is -0.455 e. The Hall–Kier alpha value is -6.24. The Morgan fingerprint density at radius 1 is 0.635 bits per heavy atom. The van der Waals surface area contributed by atoms with Crippen LogP contribution in [0, 0.1) is 0 Å². The summed E-state index contributed by atoms with van der Waals surface area (Å²) in [5.74, 6) is 2.06. The number of rotatable bonds is 4. The molecule has 11 rings (SSSR count). The largest absolute Gasteiger partial charge is 0.455 e. The van der Waals surface area contributed by atoms with E-state index in [0.29, 0.717) is 11.6 Å². The van der Waals surface area contributed by atoms with Gasteiger partial charge in [-0.2, -0.15) is 0 Å². The lowest BCUT2D eigenvalue weighted by molar-refractivity contribution is 0.486. The number of allylic oxidation sites excluding steroid dienone is 4. The zero-order chi connectivity index (χ0) is 34.4. The van der Waals surface area contributed by atoms with E-state index in [9.17, 15) is 0 Å². The van der Waals surface area contributed by atoms with E-state index < -0.39 is 5.41 Å². The summed E-state index contributed by atoms with van der Waals surface area (Å²) < 4.78 is 8.84. The first-order chi connectivity index (χ1) is 25.6. The molecule has 0 bridgehead atoms. The smallest absolute Gasteiger partial charge is 0.167 e. The standard InChI is InChI=1S/C46H30N4OS/c1-46(27-11-22-40-41(46)34-15-5-9-21-39(34)52-40)45-48-43(47-44(49-45)35-17-10-16-33-32-14-4-8-20-38(32)51-42(33)35)28-23-25-29(26-24-28)50-36-18-6-2-12-30(36)31-13-3-7-19-37(31)50/h2-27,41H,1H3. The van der Waals surface area contributed by atoms with Crippen molar-refractivity contribution >= 4 is 55.5 Å². The van der Waals surface area contributed by atoms with Crippen molar-refractivity contribution in [2.75, 3.05) is 0 Å². The van der Waals surface area contributed by atoms with Crippen molar-refractivity contribution in [2.45, 2.75) is 23.2 Å². The van der Waals surface area contributed by atoms with Gasteiger partial charge in [0, 0.05) is 43.6 Å². The van der Waals surface area contributed by atoms with Gasteiger partial charge in [-0.15, -0.1) is 0 Å². The molecule has 0 N–H and O–H groups in total. The number of fused-ring (bicyclic) bond motifs is 9. The molecule has 0 amide bonds. The fourth-order valence-electron chi connectivity index (χ4n) is 8.29. The summed E-state index contributed by atoms with van der Waals surface area (Å²) in [6.07, 6.45) is 6.66. The summed E-state index contributed by atoms with van der Waals surface area (Å²) in [4.78, 5) is 18.5. The molecule has 52 heavy (non-hydrogen) atoms. The maximum atomic E-state index is 6.51. The molecule has 0 saturated carbocycles.